The van der Waals surface area contributed by atoms with Crippen molar-refractivity contribution in [2.24, 2.45) is 0 Å². The summed E-state index contributed by atoms with van der Waals surface area (Å²) in [5.74, 6) is -0.911. The smallest absolute Gasteiger partial charge is 0.416 e. The van der Waals surface area contributed by atoms with Crippen molar-refractivity contribution in [3.8, 4) is 5.75 Å². The van der Waals surface area contributed by atoms with E-state index in [9.17, 15) is 22.8 Å². The van der Waals surface area contributed by atoms with E-state index >= 15 is 0 Å². The molecule has 0 aliphatic heterocycles. The summed E-state index contributed by atoms with van der Waals surface area (Å²) in [6.45, 7) is 3.00. The Balaban J connectivity index is 1.81. The van der Waals surface area contributed by atoms with Crippen molar-refractivity contribution < 1.29 is 32.2 Å². The topological polar surface area (TPSA) is 64.6 Å². The van der Waals surface area contributed by atoms with E-state index in [1.165, 1.54) is 6.92 Å². The van der Waals surface area contributed by atoms with Crippen molar-refractivity contribution in [2.75, 3.05) is 11.9 Å². The number of halogens is 3. The highest BCUT2D eigenvalue weighted by Gasteiger charge is 2.30. The number of hydrogen-bond donors (Lipinski definition) is 1. The van der Waals surface area contributed by atoms with Gasteiger partial charge in [0.15, 0.2) is 12.7 Å². The number of ether oxygens (including phenoxy) is 2. The molecule has 5 nitrogen and oxygen atoms in total. The van der Waals surface area contributed by atoms with Gasteiger partial charge in [0.2, 0.25) is 0 Å². The van der Waals surface area contributed by atoms with Gasteiger partial charge < -0.3 is 14.8 Å². The quantitative estimate of drug-likeness (QED) is 0.713. The predicted octanol–water partition coefficient (Wildman–Crippen LogP) is 4.22. The second kappa shape index (κ2) is 9.25. The number of carbonyl (C=O) groups excluding carboxylic acids is 2. The minimum atomic E-state index is -4.46. The molecule has 1 N–H and O–H groups in total. The number of carbonyl (C=O) groups is 2. The number of anilines is 1. The molecule has 0 aliphatic rings. The van der Waals surface area contributed by atoms with Gasteiger partial charge in [0.05, 0.1) is 5.56 Å². The lowest BCUT2D eigenvalue weighted by Gasteiger charge is -2.14. The van der Waals surface area contributed by atoms with E-state index < -0.39 is 29.7 Å². The third-order valence-electron chi connectivity index (χ3n) is 3.85. The molecule has 0 radical (unpaired) electrons. The van der Waals surface area contributed by atoms with Gasteiger partial charge in [-0.2, -0.15) is 13.2 Å². The van der Waals surface area contributed by atoms with Gasteiger partial charge in [0.25, 0.3) is 5.91 Å². The number of nitrogens with one attached hydrogen (secondary N) is 1. The number of esters is 1. The lowest BCUT2D eigenvalue weighted by atomic mass is 10.2. The van der Waals surface area contributed by atoms with E-state index in [1.54, 1.807) is 12.1 Å². The Labute approximate surface area is 160 Å². The molecule has 0 fully saturated rings. The van der Waals surface area contributed by atoms with Crippen LogP contribution in [0.25, 0.3) is 0 Å². The summed E-state index contributed by atoms with van der Waals surface area (Å²) in [6, 6.07) is 11.2. The summed E-state index contributed by atoms with van der Waals surface area (Å²) < 4.78 is 47.9. The molecule has 0 unspecified atom stereocenters. The molecule has 1 amide bonds. The van der Waals surface area contributed by atoms with Crippen molar-refractivity contribution in [3.63, 3.8) is 0 Å². The van der Waals surface area contributed by atoms with Crippen LogP contribution in [0.5, 0.6) is 5.75 Å². The van der Waals surface area contributed by atoms with E-state index in [-0.39, 0.29) is 12.3 Å². The molecule has 28 heavy (non-hydrogen) atoms. The maximum absolute atomic E-state index is 12.5. The van der Waals surface area contributed by atoms with Crippen LogP contribution in [-0.4, -0.2) is 24.6 Å². The zero-order chi connectivity index (χ0) is 20.7. The van der Waals surface area contributed by atoms with Gasteiger partial charge in [-0.25, -0.2) is 4.79 Å². The molecule has 2 aromatic carbocycles. The highest BCUT2D eigenvalue weighted by Crippen LogP contribution is 2.29. The second-order valence-corrected chi connectivity index (χ2v) is 5.98. The molecule has 8 heteroatoms. The molecule has 2 rings (SSSR count). The first-order chi connectivity index (χ1) is 13.2. The molecule has 0 heterocycles. The normalized spacial score (nSPS) is 12.2. The summed E-state index contributed by atoms with van der Waals surface area (Å²) in [6.07, 6.45) is -4.71. The van der Waals surface area contributed by atoms with Crippen molar-refractivity contribution in [1.82, 2.24) is 0 Å². The Bertz CT molecular complexity index is 802. The fourth-order valence-corrected chi connectivity index (χ4v) is 2.23. The molecule has 0 spiro atoms. The number of rotatable bonds is 7. The first kappa shape index (κ1) is 21.3. The molecule has 0 aliphatic carbocycles. The first-order valence-corrected chi connectivity index (χ1v) is 8.58. The molecule has 0 saturated heterocycles. The maximum Gasteiger partial charge on any atom is 0.416 e. The van der Waals surface area contributed by atoms with E-state index in [2.05, 4.69) is 5.32 Å². The van der Waals surface area contributed by atoms with Crippen molar-refractivity contribution in [1.29, 1.82) is 0 Å². The van der Waals surface area contributed by atoms with E-state index in [1.807, 2.05) is 19.1 Å². The van der Waals surface area contributed by atoms with Crippen LogP contribution in [0.15, 0.2) is 48.5 Å². The molecule has 2 aromatic rings. The third-order valence-corrected chi connectivity index (χ3v) is 3.85. The van der Waals surface area contributed by atoms with Crippen LogP contribution >= 0.6 is 0 Å². The fourth-order valence-electron chi connectivity index (χ4n) is 2.23. The first-order valence-electron chi connectivity index (χ1n) is 8.58. The minimum Gasteiger partial charge on any atom is -0.482 e. The van der Waals surface area contributed by atoms with E-state index in [4.69, 9.17) is 9.47 Å². The van der Waals surface area contributed by atoms with Crippen LogP contribution in [-0.2, 0) is 26.9 Å². The highest BCUT2D eigenvalue weighted by molar-refractivity contribution is 5.95. The number of alkyl halides is 3. The zero-order valence-corrected chi connectivity index (χ0v) is 15.4. The predicted molar refractivity (Wildman–Crippen MR) is 96.9 cm³/mol. The van der Waals surface area contributed by atoms with Gasteiger partial charge in [-0.05, 0) is 55.3 Å². The molecule has 1 atom stereocenters. The lowest BCUT2D eigenvalue weighted by molar-refractivity contribution is -0.155. The average molecular weight is 395 g/mol. The highest BCUT2D eigenvalue weighted by atomic mass is 19.4. The summed E-state index contributed by atoms with van der Waals surface area (Å²) in [5, 5.41) is 2.39. The van der Waals surface area contributed by atoms with Gasteiger partial charge in [0.1, 0.15) is 5.75 Å². The Morgan fingerprint density at radius 2 is 1.64 bits per heavy atom. The summed E-state index contributed by atoms with van der Waals surface area (Å²) >= 11 is 0. The van der Waals surface area contributed by atoms with Gasteiger partial charge in [-0.1, -0.05) is 19.1 Å². The SMILES string of the molecule is CCc1ccc(OCC(=O)O[C@H](C)C(=O)Nc2ccc(C(F)(F)F)cc2)cc1. The van der Waals surface area contributed by atoms with Crippen LogP contribution in [0.1, 0.15) is 25.0 Å². The Hall–Kier alpha value is -3.03. The standard InChI is InChI=1S/C20H20F3NO4/c1-3-14-4-10-17(11-5-14)27-12-18(25)28-13(2)19(26)24-16-8-6-15(7-9-16)20(21,22)23/h4-11,13H,3,12H2,1-2H3,(H,24,26)/t13-/m1/s1. The van der Waals surface area contributed by atoms with E-state index in [0.29, 0.717) is 5.75 Å². The Kier molecular flexibility index (Phi) is 7.03. The number of benzene rings is 2. The second-order valence-electron chi connectivity index (χ2n) is 5.98. The fraction of sp³-hybridized carbons (Fsp3) is 0.300. The van der Waals surface area contributed by atoms with E-state index in [0.717, 1.165) is 36.2 Å². The van der Waals surface area contributed by atoms with Crippen molar-refractivity contribution in [3.05, 3.63) is 59.7 Å². The summed E-state index contributed by atoms with van der Waals surface area (Å²) in [4.78, 5) is 23.8. The molecular weight excluding hydrogens is 375 g/mol. The number of aryl methyl sites for hydroxylation is 1. The molecule has 0 bridgehead atoms. The van der Waals surface area contributed by atoms with Gasteiger partial charge >= 0.3 is 12.1 Å². The Morgan fingerprint density at radius 1 is 1.04 bits per heavy atom. The molecular formula is C20H20F3NO4. The lowest BCUT2D eigenvalue weighted by Crippen LogP contribution is -2.31. The summed E-state index contributed by atoms with van der Waals surface area (Å²) in [7, 11) is 0. The largest absolute Gasteiger partial charge is 0.482 e. The Morgan fingerprint density at radius 3 is 2.18 bits per heavy atom. The van der Waals surface area contributed by atoms with Crippen LogP contribution in [0.3, 0.4) is 0 Å². The molecule has 150 valence electrons. The average Bonchev–Trinajstić information content (AvgIpc) is 2.66. The van der Waals surface area contributed by atoms with Gasteiger partial charge in [-0.15, -0.1) is 0 Å². The molecule has 0 aromatic heterocycles. The van der Waals surface area contributed by atoms with Gasteiger partial charge in [-0.3, -0.25) is 4.79 Å². The molecule has 0 saturated carbocycles. The van der Waals surface area contributed by atoms with Crippen LogP contribution in [0.4, 0.5) is 18.9 Å². The van der Waals surface area contributed by atoms with Crippen molar-refractivity contribution in [2.45, 2.75) is 32.5 Å². The zero-order valence-electron chi connectivity index (χ0n) is 15.4. The van der Waals surface area contributed by atoms with Crippen LogP contribution in [0.2, 0.25) is 0 Å². The minimum absolute atomic E-state index is 0.160. The summed E-state index contributed by atoms with van der Waals surface area (Å²) in [5.41, 5.74) is 0.464. The number of amides is 1. The van der Waals surface area contributed by atoms with Gasteiger partial charge in [0, 0.05) is 5.69 Å². The van der Waals surface area contributed by atoms with Crippen molar-refractivity contribution >= 4 is 17.6 Å². The maximum atomic E-state index is 12.5. The number of hydrogen-bond acceptors (Lipinski definition) is 4. The monoisotopic (exact) mass is 395 g/mol. The third kappa shape index (κ3) is 6.29. The van der Waals surface area contributed by atoms with Crippen LogP contribution in [0, 0.1) is 0 Å². The van der Waals surface area contributed by atoms with Crippen LogP contribution < -0.4 is 10.1 Å².